The Morgan fingerprint density at radius 2 is 1.77 bits per heavy atom. The Balaban J connectivity index is 1.27. The van der Waals surface area contributed by atoms with Crippen LogP contribution >= 0.6 is 0 Å². The van der Waals surface area contributed by atoms with E-state index in [2.05, 4.69) is 22.2 Å². The fourth-order valence-electron chi connectivity index (χ4n) is 4.39. The molecule has 0 atom stereocenters. The molecule has 2 aliphatic rings. The van der Waals surface area contributed by atoms with Crippen LogP contribution in [0.25, 0.3) is 11.3 Å². The summed E-state index contributed by atoms with van der Waals surface area (Å²) < 4.78 is 13.4. The van der Waals surface area contributed by atoms with Crippen LogP contribution < -0.4 is 5.32 Å². The molecule has 1 saturated carbocycles. The van der Waals surface area contributed by atoms with Crippen molar-refractivity contribution in [1.82, 2.24) is 20.1 Å². The number of carbonyl (C=O) groups excluding carboxylic acids is 2. The van der Waals surface area contributed by atoms with Crippen molar-refractivity contribution < 1.29 is 14.0 Å². The Kier molecular flexibility index (Phi) is 6.61. The van der Waals surface area contributed by atoms with Crippen molar-refractivity contribution in [2.75, 3.05) is 33.2 Å². The van der Waals surface area contributed by atoms with Crippen molar-refractivity contribution in [2.24, 2.45) is 5.92 Å². The van der Waals surface area contributed by atoms with Gasteiger partial charge in [-0.3, -0.25) is 14.6 Å². The van der Waals surface area contributed by atoms with E-state index in [9.17, 15) is 14.0 Å². The number of nitrogens with one attached hydrogen (secondary N) is 1. The topological polar surface area (TPSA) is 65.5 Å². The number of hydrogen-bond acceptors (Lipinski definition) is 4. The molecule has 2 fully saturated rings. The zero-order chi connectivity index (χ0) is 21.8. The van der Waals surface area contributed by atoms with Crippen LogP contribution in [0, 0.1) is 11.7 Å². The summed E-state index contributed by atoms with van der Waals surface area (Å²) in [6.07, 6.45) is 4.77. The maximum Gasteiger partial charge on any atom is 0.253 e. The molecule has 4 rings (SSSR count). The summed E-state index contributed by atoms with van der Waals surface area (Å²) in [4.78, 5) is 33.9. The summed E-state index contributed by atoms with van der Waals surface area (Å²) in [5.74, 6) is -0.131. The predicted molar refractivity (Wildman–Crippen MR) is 117 cm³/mol. The van der Waals surface area contributed by atoms with E-state index < -0.39 is 0 Å². The summed E-state index contributed by atoms with van der Waals surface area (Å²) in [6.45, 7) is 3.49. The van der Waals surface area contributed by atoms with Gasteiger partial charge in [-0.1, -0.05) is 12.1 Å². The molecule has 0 unspecified atom stereocenters. The number of nitrogens with zero attached hydrogens (tertiary/aromatic N) is 3. The summed E-state index contributed by atoms with van der Waals surface area (Å²) in [5, 5.41) is 3.08. The molecule has 7 heteroatoms. The molecule has 1 aromatic carbocycles. The number of aromatic nitrogens is 1. The minimum atomic E-state index is -0.317. The Bertz CT molecular complexity index is 917. The molecule has 2 heterocycles. The number of carbonyl (C=O) groups is 2. The van der Waals surface area contributed by atoms with Crippen LogP contribution in [0.15, 0.2) is 42.6 Å². The molecule has 6 nitrogen and oxygen atoms in total. The van der Waals surface area contributed by atoms with E-state index in [0.717, 1.165) is 51.9 Å². The highest BCUT2D eigenvalue weighted by atomic mass is 19.1. The van der Waals surface area contributed by atoms with Crippen LogP contribution in [-0.2, 0) is 4.79 Å². The SMILES string of the molecule is CN1CCN(C(=O)C2CCC(NC(=O)c3ccc(-c4cccc(F)c4)nc3)CC2)CC1. The molecule has 1 aromatic heterocycles. The highest BCUT2D eigenvalue weighted by Gasteiger charge is 2.31. The molecule has 1 aliphatic heterocycles. The first-order valence-corrected chi connectivity index (χ1v) is 11.0. The lowest BCUT2D eigenvalue weighted by Gasteiger charge is -2.36. The van der Waals surface area contributed by atoms with Gasteiger partial charge in [0.15, 0.2) is 0 Å². The fourth-order valence-corrected chi connectivity index (χ4v) is 4.39. The lowest BCUT2D eigenvalue weighted by Crippen LogP contribution is -2.50. The standard InChI is InChI=1S/C24H29FN4O2/c1-28-11-13-29(14-12-28)24(31)17-5-8-21(9-6-17)27-23(30)19-7-10-22(26-16-19)18-3-2-4-20(25)15-18/h2-4,7,10,15-17,21H,5-6,8-9,11-14H2,1H3,(H,27,30). The van der Waals surface area contributed by atoms with Crippen LogP contribution in [0.1, 0.15) is 36.0 Å². The van der Waals surface area contributed by atoms with Crippen LogP contribution in [-0.4, -0.2) is 65.9 Å². The molecule has 164 valence electrons. The number of likely N-dealkylation sites (N-methyl/N-ethyl adjacent to an activating group) is 1. The molecule has 1 saturated heterocycles. The number of amides is 2. The third-order valence-electron chi connectivity index (χ3n) is 6.37. The molecule has 0 radical (unpaired) electrons. The van der Waals surface area contributed by atoms with E-state index in [0.29, 0.717) is 16.8 Å². The van der Waals surface area contributed by atoms with Crippen molar-refractivity contribution in [2.45, 2.75) is 31.7 Å². The second kappa shape index (κ2) is 9.56. The maximum atomic E-state index is 13.4. The number of hydrogen-bond donors (Lipinski definition) is 1. The van der Waals surface area contributed by atoms with Crippen LogP contribution in [0.3, 0.4) is 0 Å². The molecule has 0 bridgehead atoms. The van der Waals surface area contributed by atoms with Gasteiger partial charge in [0.2, 0.25) is 5.91 Å². The Labute approximate surface area is 182 Å². The van der Waals surface area contributed by atoms with Crippen LogP contribution in [0.5, 0.6) is 0 Å². The van der Waals surface area contributed by atoms with Gasteiger partial charge >= 0.3 is 0 Å². The molecule has 2 aromatic rings. The van der Waals surface area contributed by atoms with Gasteiger partial charge in [-0.25, -0.2) is 4.39 Å². The van der Waals surface area contributed by atoms with Crippen LogP contribution in [0.4, 0.5) is 4.39 Å². The molecule has 2 amide bonds. The monoisotopic (exact) mass is 424 g/mol. The van der Waals surface area contributed by atoms with Crippen molar-refractivity contribution in [1.29, 1.82) is 0 Å². The first kappa shape index (κ1) is 21.4. The minimum Gasteiger partial charge on any atom is -0.349 e. The predicted octanol–water partition coefficient (Wildman–Crippen LogP) is 2.95. The van der Waals surface area contributed by atoms with E-state index >= 15 is 0 Å². The summed E-state index contributed by atoms with van der Waals surface area (Å²) in [7, 11) is 2.08. The van der Waals surface area contributed by atoms with Gasteiger partial charge in [0, 0.05) is 49.9 Å². The zero-order valence-corrected chi connectivity index (χ0v) is 17.9. The van der Waals surface area contributed by atoms with Gasteiger partial charge in [0.25, 0.3) is 5.91 Å². The highest BCUT2D eigenvalue weighted by Crippen LogP contribution is 2.27. The lowest BCUT2D eigenvalue weighted by molar-refractivity contribution is -0.138. The third-order valence-corrected chi connectivity index (χ3v) is 6.37. The number of pyridine rings is 1. The second-order valence-corrected chi connectivity index (χ2v) is 8.59. The van der Waals surface area contributed by atoms with Gasteiger partial charge in [-0.15, -0.1) is 0 Å². The summed E-state index contributed by atoms with van der Waals surface area (Å²) >= 11 is 0. The zero-order valence-electron chi connectivity index (χ0n) is 17.9. The van der Waals surface area contributed by atoms with E-state index in [1.165, 1.54) is 18.3 Å². The van der Waals surface area contributed by atoms with Gasteiger partial charge in [-0.05, 0) is 57.0 Å². The van der Waals surface area contributed by atoms with E-state index in [4.69, 9.17) is 0 Å². The van der Waals surface area contributed by atoms with E-state index in [-0.39, 0.29) is 29.6 Å². The minimum absolute atomic E-state index is 0.0729. The average molecular weight is 425 g/mol. The quantitative estimate of drug-likeness (QED) is 0.820. The number of piperazine rings is 1. The Hall–Kier alpha value is -2.80. The van der Waals surface area contributed by atoms with Gasteiger partial charge < -0.3 is 15.1 Å². The number of rotatable bonds is 4. The van der Waals surface area contributed by atoms with Gasteiger partial charge in [0.1, 0.15) is 5.82 Å². The Morgan fingerprint density at radius 1 is 1.03 bits per heavy atom. The Morgan fingerprint density at radius 3 is 2.42 bits per heavy atom. The van der Waals surface area contributed by atoms with Crippen LogP contribution in [0.2, 0.25) is 0 Å². The molecule has 1 N–H and O–H groups in total. The fraction of sp³-hybridized carbons (Fsp3) is 0.458. The first-order valence-electron chi connectivity index (χ1n) is 11.0. The van der Waals surface area contributed by atoms with E-state index in [1.807, 2.05) is 4.90 Å². The van der Waals surface area contributed by atoms with Gasteiger partial charge in [0.05, 0.1) is 11.3 Å². The summed E-state index contributed by atoms with van der Waals surface area (Å²) in [6, 6.07) is 9.75. The maximum absolute atomic E-state index is 13.4. The molecular formula is C24H29FN4O2. The molecular weight excluding hydrogens is 395 g/mol. The highest BCUT2D eigenvalue weighted by molar-refractivity contribution is 5.94. The molecule has 1 aliphatic carbocycles. The normalized spacial score (nSPS) is 22.2. The van der Waals surface area contributed by atoms with Crippen molar-refractivity contribution >= 4 is 11.8 Å². The van der Waals surface area contributed by atoms with Crippen molar-refractivity contribution in [3.05, 3.63) is 54.0 Å². The second-order valence-electron chi connectivity index (χ2n) is 8.59. The third kappa shape index (κ3) is 5.28. The molecule has 31 heavy (non-hydrogen) atoms. The number of halogens is 1. The van der Waals surface area contributed by atoms with Crippen molar-refractivity contribution in [3.63, 3.8) is 0 Å². The largest absolute Gasteiger partial charge is 0.349 e. The lowest BCUT2D eigenvalue weighted by atomic mass is 9.85. The number of benzene rings is 1. The van der Waals surface area contributed by atoms with Gasteiger partial charge in [-0.2, -0.15) is 0 Å². The average Bonchev–Trinajstić information content (AvgIpc) is 2.80. The van der Waals surface area contributed by atoms with Crippen molar-refractivity contribution in [3.8, 4) is 11.3 Å². The smallest absolute Gasteiger partial charge is 0.253 e. The first-order chi connectivity index (χ1) is 15.0. The summed E-state index contributed by atoms with van der Waals surface area (Å²) in [5.41, 5.74) is 1.78. The van der Waals surface area contributed by atoms with E-state index in [1.54, 1.807) is 24.3 Å². The molecule has 0 spiro atoms.